The highest BCUT2D eigenvalue weighted by Crippen LogP contribution is 2.21. The third-order valence-corrected chi connectivity index (χ3v) is 3.03. The van der Waals surface area contributed by atoms with E-state index >= 15 is 0 Å². The lowest BCUT2D eigenvalue weighted by Gasteiger charge is -2.06. The van der Waals surface area contributed by atoms with Gasteiger partial charge in [0.2, 0.25) is 5.69 Å². The Morgan fingerprint density at radius 3 is 2.56 bits per heavy atom. The van der Waals surface area contributed by atoms with E-state index in [-0.39, 0.29) is 0 Å². The molecule has 82 valence electrons. The number of nitrogens with zero attached hydrogens (tertiary/aromatic N) is 2. The second-order valence-corrected chi connectivity index (χ2v) is 4.27. The molecule has 0 unspecified atom stereocenters. The minimum absolute atomic E-state index is 1.04. The molecule has 0 amide bonds. The van der Waals surface area contributed by atoms with Crippen LogP contribution in [-0.4, -0.2) is 4.98 Å². The van der Waals surface area contributed by atoms with Gasteiger partial charge >= 0.3 is 0 Å². The van der Waals surface area contributed by atoms with Crippen LogP contribution in [-0.2, 0) is 7.05 Å². The average Bonchev–Trinajstić information content (AvgIpc) is 2.23. The highest BCUT2D eigenvalue weighted by Gasteiger charge is 2.13. The van der Waals surface area contributed by atoms with E-state index in [2.05, 4.69) is 54.8 Å². The molecule has 0 fully saturated rings. The maximum atomic E-state index is 4.37. The predicted octanol–water partition coefficient (Wildman–Crippen LogP) is 2.50. The molecule has 2 heteroatoms. The molecule has 0 bridgehead atoms. The van der Waals surface area contributed by atoms with Crippen LogP contribution in [0.25, 0.3) is 11.3 Å². The van der Waals surface area contributed by atoms with Crippen molar-refractivity contribution in [3.8, 4) is 11.3 Å². The molecule has 2 nitrogen and oxygen atoms in total. The summed E-state index contributed by atoms with van der Waals surface area (Å²) in [5, 5.41) is 0. The minimum Gasteiger partial charge on any atom is -0.248 e. The highest BCUT2D eigenvalue weighted by molar-refractivity contribution is 5.61. The van der Waals surface area contributed by atoms with E-state index in [1.165, 1.54) is 16.7 Å². The van der Waals surface area contributed by atoms with Crippen LogP contribution in [0, 0.1) is 20.8 Å². The number of hydrogen-bond acceptors (Lipinski definition) is 1. The van der Waals surface area contributed by atoms with Gasteiger partial charge in [0.15, 0.2) is 6.20 Å². The Morgan fingerprint density at radius 1 is 1.12 bits per heavy atom. The van der Waals surface area contributed by atoms with Crippen molar-refractivity contribution in [3.05, 3.63) is 47.4 Å². The number of aromatic nitrogens is 2. The monoisotopic (exact) mass is 213 g/mol. The number of hydrogen-bond donors (Lipinski definition) is 0. The van der Waals surface area contributed by atoms with Crippen LogP contribution in [0.2, 0.25) is 0 Å². The molecule has 1 aromatic carbocycles. The first-order valence-electron chi connectivity index (χ1n) is 5.48. The predicted molar refractivity (Wildman–Crippen MR) is 65.1 cm³/mol. The SMILES string of the molecule is Cc1c[n+](C)c(-c2cccc(C)c2C)cn1. The van der Waals surface area contributed by atoms with Crippen molar-refractivity contribution in [2.45, 2.75) is 20.8 Å². The lowest BCUT2D eigenvalue weighted by molar-refractivity contribution is -0.661. The maximum Gasteiger partial charge on any atom is 0.231 e. The highest BCUT2D eigenvalue weighted by atomic mass is 15.0. The van der Waals surface area contributed by atoms with E-state index in [9.17, 15) is 0 Å². The van der Waals surface area contributed by atoms with E-state index in [1.54, 1.807) is 0 Å². The van der Waals surface area contributed by atoms with E-state index < -0.39 is 0 Å². The van der Waals surface area contributed by atoms with Crippen LogP contribution < -0.4 is 4.57 Å². The topological polar surface area (TPSA) is 16.8 Å². The summed E-state index contributed by atoms with van der Waals surface area (Å²) in [6.07, 6.45) is 3.99. The summed E-state index contributed by atoms with van der Waals surface area (Å²) in [7, 11) is 2.06. The van der Waals surface area contributed by atoms with Crippen molar-refractivity contribution in [3.63, 3.8) is 0 Å². The van der Waals surface area contributed by atoms with Gasteiger partial charge in [-0.1, -0.05) is 12.1 Å². The van der Waals surface area contributed by atoms with Gasteiger partial charge in [0.05, 0.1) is 11.8 Å². The smallest absolute Gasteiger partial charge is 0.231 e. The zero-order valence-electron chi connectivity index (χ0n) is 10.3. The second-order valence-electron chi connectivity index (χ2n) is 4.27. The van der Waals surface area contributed by atoms with Crippen LogP contribution in [0.3, 0.4) is 0 Å². The van der Waals surface area contributed by atoms with E-state index in [4.69, 9.17) is 0 Å². The summed E-state index contributed by atoms with van der Waals surface area (Å²) < 4.78 is 2.13. The Kier molecular flexibility index (Phi) is 2.73. The Bertz CT molecular complexity index is 530. The fourth-order valence-electron chi connectivity index (χ4n) is 1.93. The Balaban J connectivity index is 2.63. The summed E-state index contributed by atoms with van der Waals surface area (Å²) in [5.41, 5.74) is 6.10. The minimum atomic E-state index is 1.04. The third kappa shape index (κ3) is 1.83. The first kappa shape index (κ1) is 10.8. The number of benzene rings is 1. The molecular weight excluding hydrogens is 196 g/mol. The van der Waals surface area contributed by atoms with Gasteiger partial charge < -0.3 is 0 Å². The molecule has 16 heavy (non-hydrogen) atoms. The molecule has 0 aliphatic heterocycles. The van der Waals surface area contributed by atoms with Crippen molar-refractivity contribution in [2.75, 3.05) is 0 Å². The molecule has 0 spiro atoms. The molecule has 2 rings (SSSR count). The summed E-state index contributed by atoms with van der Waals surface area (Å²) in [4.78, 5) is 4.37. The molecular formula is C14H17N2+. The molecule has 1 aromatic heterocycles. The zero-order valence-corrected chi connectivity index (χ0v) is 10.3. The molecule has 2 aromatic rings. The molecule has 0 radical (unpaired) electrons. The van der Waals surface area contributed by atoms with E-state index in [0.29, 0.717) is 0 Å². The second kappa shape index (κ2) is 4.05. The van der Waals surface area contributed by atoms with Crippen molar-refractivity contribution in [1.29, 1.82) is 0 Å². The van der Waals surface area contributed by atoms with Gasteiger partial charge in [-0.25, -0.2) is 4.98 Å². The van der Waals surface area contributed by atoms with Crippen molar-refractivity contribution < 1.29 is 4.57 Å². The van der Waals surface area contributed by atoms with Crippen LogP contribution in [0.15, 0.2) is 30.6 Å². The van der Waals surface area contributed by atoms with Crippen LogP contribution in [0.1, 0.15) is 16.8 Å². The molecule has 0 N–H and O–H groups in total. The molecule has 1 heterocycles. The normalized spacial score (nSPS) is 10.5. The Morgan fingerprint density at radius 2 is 1.88 bits per heavy atom. The van der Waals surface area contributed by atoms with Crippen molar-refractivity contribution in [1.82, 2.24) is 4.98 Å². The lowest BCUT2D eigenvalue weighted by atomic mass is 10.0. The molecule has 0 saturated carbocycles. The number of aryl methyl sites for hydroxylation is 3. The summed E-state index contributed by atoms with van der Waals surface area (Å²) in [5.74, 6) is 0. The zero-order chi connectivity index (χ0) is 11.7. The summed E-state index contributed by atoms with van der Waals surface area (Å²) in [6, 6.07) is 6.38. The summed E-state index contributed by atoms with van der Waals surface area (Å²) >= 11 is 0. The van der Waals surface area contributed by atoms with Gasteiger partial charge in [-0.3, -0.25) is 0 Å². The van der Waals surface area contributed by atoms with Gasteiger partial charge in [-0.05, 0) is 38.0 Å². The van der Waals surface area contributed by atoms with Gasteiger partial charge in [-0.2, -0.15) is 4.57 Å². The fraction of sp³-hybridized carbons (Fsp3) is 0.286. The quantitative estimate of drug-likeness (QED) is 0.665. The van der Waals surface area contributed by atoms with Crippen LogP contribution in [0.4, 0.5) is 0 Å². The van der Waals surface area contributed by atoms with Gasteiger partial charge in [0.25, 0.3) is 0 Å². The Hall–Kier alpha value is -1.70. The van der Waals surface area contributed by atoms with Crippen LogP contribution >= 0.6 is 0 Å². The lowest BCUT2D eigenvalue weighted by Crippen LogP contribution is -2.31. The number of rotatable bonds is 1. The molecule has 0 atom stereocenters. The summed E-state index contributed by atoms with van der Waals surface area (Å²) in [6.45, 7) is 6.30. The van der Waals surface area contributed by atoms with E-state index in [1.807, 2.05) is 13.1 Å². The first-order valence-corrected chi connectivity index (χ1v) is 5.48. The Labute approximate surface area is 96.6 Å². The standard InChI is InChI=1S/C14H17N2/c1-10-6-5-7-13(12(10)3)14-8-15-11(2)9-16(14)4/h5-9H,1-4H3/q+1. The van der Waals surface area contributed by atoms with Crippen molar-refractivity contribution >= 4 is 0 Å². The van der Waals surface area contributed by atoms with Crippen molar-refractivity contribution in [2.24, 2.45) is 7.05 Å². The van der Waals surface area contributed by atoms with Gasteiger partial charge in [-0.15, -0.1) is 0 Å². The van der Waals surface area contributed by atoms with Gasteiger partial charge in [0.1, 0.15) is 12.7 Å². The molecule has 0 saturated heterocycles. The fourth-order valence-corrected chi connectivity index (χ4v) is 1.93. The average molecular weight is 213 g/mol. The first-order chi connectivity index (χ1) is 7.59. The maximum absolute atomic E-state index is 4.37. The third-order valence-electron chi connectivity index (χ3n) is 3.03. The molecule has 0 aliphatic carbocycles. The van der Waals surface area contributed by atoms with Crippen LogP contribution in [0.5, 0.6) is 0 Å². The van der Waals surface area contributed by atoms with Gasteiger partial charge in [0, 0.05) is 0 Å². The van der Waals surface area contributed by atoms with E-state index in [0.717, 1.165) is 11.4 Å². The molecule has 0 aliphatic rings. The largest absolute Gasteiger partial charge is 0.248 e.